The van der Waals surface area contributed by atoms with Gasteiger partial charge in [-0.15, -0.1) is 0 Å². The Labute approximate surface area is 161 Å². The minimum Gasteiger partial charge on any atom is -0.336 e. The van der Waals surface area contributed by atoms with E-state index in [-0.39, 0.29) is 5.91 Å². The van der Waals surface area contributed by atoms with Gasteiger partial charge in [0.05, 0.1) is 5.69 Å². The molecule has 5 heteroatoms. The number of nitrogens with zero attached hydrogens (tertiary/aromatic N) is 1. The third-order valence-corrected chi connectivity index (χ3v) is 4.40. The Hall–Kier alpha value is -3.37. The van der Waals surface area contributed by atoms with Crippen molar-refractivity contribution in [2.45, 2.75) is 0 Å². The quantitative estimate of drug-likeness (QED) is 0.485. The predicted molar refractivity (Wildman–Crippen MR) is 109 cm³/mol. The van der Waals surface area contributed by atoms with Gasteiger partial charge in [-0.3, -0.25) is 4.79 Å². The second-order valence-corrected chi connectivity index (χ2v) is 6.44. The molecule has 0 spiro atoms. The Kier molecular flexibility index (Phi) is 4.73. The molecule has 0 saturated carbocycles. The van der Waals surface area contributed by atoms with Gasteiger partial charge in [0, 0.05) is 21.7 Å². The third kappa shape index (κ3) is 3.76. The van der Waals surface area contributed by atoms with Gasteiger partial charge in [-0.1, -0.05) is 72.3 Å². The molecule has 0 unspecified atom stereocenters. The molecule has 3 aromatic carbocycles. The van der Waals surface area contributed by atoms with E-state index in [0.29, 0.717) is 22.2 Å². The van der Waals surface area contributed by atoms with Crippen molar-refractivity contribution in [1.82, 2.24) is 9.97 Å². The van der Waals surface area contributed by atoms with Gasteiger partial charge in [0.15, 0.2) is 5.82 Å². The van der Waals surface area contributed by atoms with Gasteiger partial charge < -0.3 is 10.3 Å². The van der Waals surface area contributed by atoms with Gasteiger partial charge in [0.1, 0.15) is 5.82 Å². The molecule has 0 saturated heterocycles. The van der Waals surface area contributed by atoms with Crippen LogP contribution in [0.1, 0.15) is 10.4 Å². The van der Waals surface area contributed by atoms with Gasteiger partial charge in [0.25, 0.3) is 5.91 Å². The number of hydrogen-bond acceptors (Lipinski definition) is 2. The molecule has 1 aromatic heterocycles. The summed E-state index contributed by atoms with van der Waals surface area (Å²) in [5, 5.41) is 3.50. The van der Waals surface area contributed by atoms with E-state index in [1.165, 1.54) is 0 Å². The van der Waals surface area contributed by atoms with Crippen molar-refractivity contribution in [3.05, 3.63) is 95.5 Å². The molecule has 1 amide bonds. The van der Waals surface area contributed by atoms with Crippen LogP contribution in [0.5, 0.6) is 0 Å². The molecule has 4 aromatic rings. The number of rotatable bonds is 4. The lowest BCUT2D eigenvalue weighted by molar-refractivity contribution is 0.102. The van der Waals surface area contributed by atoms with Gasteiger partial charge in [-0.2, -0.15) is 0 Å². The number of aromatic amines is 1. The SMILES string of the molecule is O=C(Nc1nc(-c2ccccc2)[nH]c1-c1ccccc1)c1ccc(Cl)cc1. The number of aromatic nitrogens is 2. The molecule has 132 valence electrons. The lowest BCUT2D eigenvalue weighted by Gasteiger charge is -2.05. The van der Waals surface area contributed by atoms with E-state index in [1.807, 2.05) is 60.7 Å². The van der Waals surface area contributed by atoms with Gasteiger partial charge >= 0.3 is 0 Å². The minimum absolute atomic E-state index is 0.241. The highest BCUT2D eigenvalue weighted by Gasteiger charge is 2.16. The maximum Gasteiger partial charge on any atom is 0.256 e. The Morgan fingerprint density at radius 2 is 1.41 bits per heavy atom. The first kappa shape index (κ1) is 17.1. The largest absolute Gasteiger partial charge is 0.336 e. The van der Waals surface area contributed by atoms with Crippen molar-refractivity contribution in [3.63, 3.8) is 0 Å². The molecule has 2 N–H and O–H groups in total. The molecule has 0 radical (unpaired) electrons. The Morgan fingerprint density at radius 3 is 2.04 bits per heavy atom. The van der Waals surface area contributed by atoms with Crippen molar-refractivity contribution >= 4 is 23.3 Å². The van der Waals surface area contributed by atoms with Crippen LogP contribution in [-0.2, 0) is 0 Å². The summed E-state index contributed by atoms with van der Waals surface area (Å²) in [6.45, 7) is 0. The molecule has 0 atom stereocenters. The number of benzene rings is 3. The van der Waals surface area contributed by atoms with Crippen LogP contribution < -0.4 is 5.32 Å². The van der Waals surface area contributed by atoms with E-state index in [0.717, 1.165) is 16.8 Å². The van der Waals surface area contributed by atoms with Crippen LogP contribution in [0.15, 0.2) is 84.9 Å². The second kappa shape index (κ2) is 7.48. The van der Waals surface area contributed by atoms with Gasteiger partial charge in [0.2, 0.25) is 0 Å². The number of nitrogens with one attached hydrogen (secondary N) is 2. The molecule has 0 aliphatic heterocycles. The Bertz CT molecular complexity index is 1060. The molecule has 0 aliphatic carbocycles. The molecule has 4 rings (SSSR count). The van der Waals surface area contributed by atoms with Crippen LogP contribution in [0.2, 0.25) is 5.02 Å². The highest BCUT2D eigenvalue weighted by Crippen LogP contribution is 2.29. The van der Waals surface area contributed by atoms with E-state index in [4.69, 9.17) is 11.6 Å². The number of carbonyl (C=O) groups is 1. The van der Waals surface area contributed by atoms with E-state index in [2.05, 4.69) is 15.3 Å². The van der Waals surface area contributed by atoms with Crippen LogP contribution in [0, 0.1) is 0 Å². The van der Waals surface area contributed by atoms with Crippen molar-refractivity contribution in [3.8, 4) is 22.6 Å². The molecule has 0 fully saturated rings. The van der Waals surface area contributed by atoms with Crippen LogP contribution in [0.4, 0.5) is 5.82 Å². The number of halogens is 1. The summed E-state index contributed by atoms with van der Waals surface area (Å²) in [5.41, 5.74) is 3.17. The van der Waals surface area contributed by atoms with Crippen LogP contribution >= 0.6 is 11.6 Å². The fourth-order valence-corrected chi connectivity index (χ4v) is 2.92. The summed E-state index contributed by atoms with van der Waals surface area (Å²) in [4.78, 5) is 20.6. The first-order valence-electron chi connectivity index (χ1n) is 8.48. The van der Waals surface area contributed by atoms with Crippen LogP contribution in [-0.4, -0.2) is 15.9 Å². The zero-order valence-corrected chi connectivity index (χ0v) is 15.1. The second-order valence-electron chi connectivity index (χ2n) is 6.00. The maximum absolute atomic E-state index is 12.6. The van der Waals surface area contributed by atoms with Gasteiger partial charge in [-0.25, -0.2) is 4.98 Å². The number of hydrogen-bond donors (Lipinski definition) is 2. The third-order valence-electron chi connectivity index (χ3n) is 4.15. The first-order valence-corrected chi connectivity index (χ1v) is 8.86. The fourth-order valence-electron chi connectivity index (χ4n) is 2.79. The molecule has 27 heavy (non-hydrogen) atoms. The highest BCUT2D eigenvalue weighted by molar-refractivity contribution is 6.30. The number of imidazole rings is 1. The van der Waals surface area contributed by atoms with Gasteiger partial charge in [-0.05, 0) is 24.3 Å². The topological polar surface area (TPSA) is 57.8 Å². The average Bonchev–Trinajstić information content (AvgIpc) is 3.13. The summed E-state index contributed by atoms with van der Waals surface area (Å²) in [7, 11) is 0. The summed E-state index contributed by atoms with van der Waals surface area (Å²) >= 11 is 5.90. The molecular formula is C22H16ClN3O. The summed E-state index contributed by atoms with van der Waals surface area (Å²) in [5.74, 6) is 0.941. The summed E-state index contributed by atoms with van der Waals surface area (Å²) in [6.07, 6.45) is 0. The van der Waals surface area contributed by atoms with Crippen molar-refractivity contribution in [2.75, 3.05) is 5.32 Å². The Balaban J connectivity index is 1.73. The van der Waals surface area contributed by atoms with E-state index in [9.17, 15) is 4.79 Å². The average molecular weight is 374 g/mol. The highest BCUT2D eigenvalue weighted by atomic mass is 35.5. The zero-order valence-electron chi connectivity index (χ0n) is 14.3. The lowest BCUT2D eigenvalue weighted by Crippen LogP contribution is -2.12. The predicted octanol–water partition coefficient (Wildman–Crippen LogP) is 5.65. The molecular weight excluding hydrogens is 358 g/mol. The van der Waals surface area contributed by atoms with E-state index in [1.54, 1.807) is 24.3 Å². The lowest BCUT2D eigenvalue weighted by atomic mass is 10.1. The number of H-pyrrole nitrogens is 1. The Morgan fingerprint density at radius 1 is 0.815 bits per heavy atom. The summed E-state index contributed by atoms with van der Waals surface area (Å²) in [6, 6.07) is 26.3. The van der Waals surface area contributed by atoms with Crippen molar-refractivity contribution in [2.24, 2.45) is 0 Å². The van der Waals surface area contributed by atoms with E-state index < -0.39 is 0 Å². The minimum atomic E-state index is -0.241. The fraction of sp³-hybridized carbons (Fsp3) is 0. The summed E-state index contributed by atoms with van der Waals surface area (Å²) < 4.78 is 0. The van der Waals surface area contributed by atoms with E-state index >= 15 is 0 Å². The normalized spacial score (nSPS) is 10.6. The zero-order chi connectivity index (χ0) is 18.6. The first-order chi connectivity index (χ1) is 13.2. The standard InChI is InChI=1S/C22H16ClN3O/c23-18-13-11-17(12-14-18)22(27)26-21-19(15-7-3-1-4-8-15)24-20(25-21)16-9-5-2-6-10-16/h1-14H,(H,24,25)(H,26,27). The van der Waals surface area contributed by atoms with Crippen LogP contribution in [0.3, 0.4) is 0 Å². The number of anilines is 1. The number of carbonyl (C=O) groups excluding carboxylic acids is 1. The van der Waals surface area contributed by atoms with Crippen LogP contribution in [0.25, 0.3) is 22.6 Å². The maximum atomic E-state index is 12.6. The van der Waals surface area contributed by atoms with Crippen molar-refractivity contribution in [1.29, 1.82) is 0 Å². The molecule has 1 heterocycles. The molecule has 4 nitrogen and oxygen atoms in total. The number of amides is 1. The molecule has 0 bridgehead atoms. The smallest absolute Gasteiger partial charge is 0.256 e. The monoisotopic (exact) mass is 373 g/mol. The molecule has 0 aliphatic rings. The van der Waals surface area contributed by atoms with Crippen molar-refractivity contribution < 1.29 is 4.79 Å².